The van der Waals surface area contributed by atoms with E-state index in [0.29, 0.717) is 12.8 Å². The minimum Gasteiger partial charge on any atom is -0.368 e. The third kappa shape index (κ3) is 3.50. The van der Waals surface area contributed by atoms with Gasteiger partial charge in [0.25, 0.3) is 0 Å². The summed E-state index contributed by atoms with van der Waals surface area (Å²) in [6, 6.07) is 3.74. The smallest absolute Gasteiger partial charge is 0.315 e. The number of hydrogen-bond donors (Lipinski definition) is 3. The van der Waals surface area contributed by atoms with Crippen LogP contribution in [0.3, 0.4) is 0 Å². The molecular weight excluding hydrogens is 274 g/mol. The van der Waals surface area contributed by atoms with E-state index in [1.54, 1.807) is 11.3 Å². The Morgan fingerprint density at radius 2 is 2.15 bits per heavy atom. The molecule has 1 aliphatic rings. The predicted octanol–water partition coefficient (Wildman–Crippen LogP) is 1.78. The zero-order valence-corrected chi connectivity index (χ0v) is 12.5. The van der Waals surface area contributed by atoms with Crippen molar-refractivity contribution >= 4 is 23.3 Å². The molecule has 0 spiro atoms. The lowest BCUT2D eigenvalue weighted by molar-refractivity contribution is -0.123. The molecule has 1 saturated carbocycles. The van der Waals surface area contributed by atoms with Gasteiger partial charge in [-0.05, 0) is 31.2 Å². The average molecular weight is 295 g/mol. The number of rotatable bonds is 5. The molecule has 1 fully saturated rings. The van der Waals surface area contributed by atoms with Crippen LogP contribution in [0.15, 0.2) is 17.5 Å². The largest absolute Gasteiger partial charge is 0.368 e. The lowest BCUT2D eigenvalue weighted by Crippen LogP contribution is -2.59. The Morgan fingerprint density at radius 1 is 1.45 bits per heavy atom. The van der Waals surface area contributed by atoms with E-state index in [-0.39, 0.29) is 12.1 Å². The average Bonchev–Trinajstić information content (AvgIpc) is 3.00. The summed E-state index contributed by atoms with van der Waals surface area (Å²) in [6.45, 7) is 1.95. The van der Waals surface area contributed by atoms with E-state index in [0.717, 1.165) is 19.3 Å². The molecular formula is C14H21N3O2S. The molecule has 1 unspecified atom stereocenters. The van der Waals surface area contributed by atoms with E-state index in [1.165, 1.54) is 4.88 Å². The molecule has 0 aliphatic heterocycles. The molecule has 6 heteroatoms. The first-order valence-electron chi connectivity index (χ1n) is 6.93. The fraction of sp³-hybridized carbons (Fsp3) is 0.571. The summed E-state index contributed by atoms with van der Waals surface area (Å²) in [6.07, 6.45) is 3.90. The van der Waals surface area contributed by atoms with Gasteiger partial charge < -0.3 is 16.4 Å². The number of urea groups is 1. The first-order chi connectivity index (χ1) is 9.52. The minimum absolute atomic E-state index is 0.0139. The van der Waals surface area contributed by atoms with E-state index >= 15 is 0 Å². The number of carbonyl (C=O) groups excluding carboxylic acids is 2. The van der Waals surface area contributed by atoms with Crippen molar-refractivity contribution in [2.24, 2.45) is 5.73 Å². The SMILES string of the molecule is CC(Cc1cccs1)NC(=O)NC1(C(N)=O)CCCC1. The van der Waals surface area contributed by atoms with Gasteiger partial charge in [0, 0.05) is 17.3 Å². The van der Waals surface area contributed by atoms with Gasteiger partial charge in [-0.2, -0.15) is 0 Å². The van der Waals surface area contributed by atoms with Crippen molar-refractivity contribution < 1.29 is 9.59 Å². The summed E-state index contributed by atoms with van der Waals surface area (Å²) in [5, 5.41) is 7.67. The molecule has 1 atom stereocenters. The number of primary amides is 1. The van der Waals surface area contributed by atoms with Crippen LogP contribution >= 0.6 is 11.3 Å². The Balaban J connectivity index is 1.86. The maximum atomic E-state index is 12.0. The van der Waals surface area contributed by atoms with Gasteiger partial charge in [0.1, 0.15) is 5.54 Å². The van der Waals surface area contributed by atoms with Crippen LogP contribution in [-0.4, -0.2) is 23.5 Å². The van der Waals surface area contributed by atoms with Crippen molar-refractivity contribution in [3.63, 3.8) is 0 Å². The van der Waals surface area contributed by atoms with Crippen LogP contribution in [0, 0.1) is 0 Å². The van der Waals surface area contributed by atoms with Crippen molar-refractivity contribution in [2.45, 2.75) is 50.6 Å². The Bertz CT molecular complexity index is 467. The summed E-state index contributed by atoms with van der Waals surface area (Å²) in [5.74, 6) is -0.434. The molecule has 1 aromatic heterocycles. The van der Waals surface area contributed by atoms with Crippen LogP contribution in [0.25, 0.3) is 0 Å². The summed E-state index contributed by atoms with van der Waals surface area (Å²) >= 11 is 1.67. The zero-order chi connectivity index (χ0) is 14.6. The molecule has 20 heavy (non-hydrogen) atoms. The lowest BCUT2D eigenvalue weighted by Gasteiger charge is -2.27. The number of carbonyl (C=O) groups is 2. The highest BCUT2D eigenvalue weighted by molar-refractivity contribution is 7.09. The Kier molecular flexibility index (Phi) is 4.65. The third-order valence-corrected chi connectivity index (χ3v) is 4.65. The van der Waals surface area contributed by atoms with E-state index in [4.69, 9.17) is 5.73 Å². The molecule has 3 amide bonds. The highest BCUT2D eigenvalue weighted by Crippen LogP contribution is 2.29. The lowest BCUT2D eigenvalue weighted by atomic mass is 9.97. The van der Waals surface area contributed by atoms with Crippen LogP contribution in [0.5, 0.6) is 0 Å². The molecule has 0 bridgehead atoms. The van der Waals surface area contributed by atoms with Crippen LogP contribution < -0.4 is 16.4 Å². The first kappa shape index (κ1) is 14.8. The standard InChI is InChI=1S/C14H21N3O2S/c1-10(9-11-5-4-8-20-11)16-13(19)17-14(12(15)18)6-2-3-7-14/h4-5,8,10H,2-3,6-7,9H2,1H3,(H2,15,18)(H2,16,17,19). The van der Waals surface area contributed by atoms with Gasteiger partial charge in [-0.15, -0.1) is 11.3 Å². The first-order valence-corrected chi connectivity index (χ1v) is 7.81. The summed E-state index contributed by atoms with van der Waals surface area (Å²) in [7, 11) is 0. The van der Waals surface area contributed by atoms with Crippen molar-refractivity contribution in [2.75, 3.05) is 0 Å². The van der Waals surface area contributed by atoms with Crippen LogP contribution in [0.2, 0.25) is 0 Å². The second-order valence-corrected chi connectivity index (χ2v) is 6.47. The quantitative estimate of drug-likeness (QED) is 0.773. The third-order valence-electron chi connectivity index (χ3n) is 3.75. The molecule has 0 aromatic carbocycles. The van der Waals surface area contributed by atoms with Crippen LogP contribution in [0.4, 0.5) is 4.79 Å². The predicted molar refractivity (Wildman–Crippen MR) is 79.5 cm³/mol. The summed E-state index contributed by atoms with van der Waals surface area (Å²) in [4.78, 5) is 24.8. The molecule has 1 aliphatic carbocycles. The maximum Gasteiger partial charge on any atom is 0.315 e. The van der Waals surface area contributed by atoms with Crippen molar-refractivity contribution in [3.05, 3.63) is 22.4 Å². The monoisotopic (exact) mass is 295 g/mol. The minimum atomic E-state index is -0.854. The topological polar surface area (TPSA) is 84.2 Å². The number of nitrogens with two attached hydrogens (primary N) is 1. The van der Waals surface area contributed by atoms with Gasteiger partial charge in [0.2, 0.25) is 5.91 Å². The maximum absolute atomic E-state index is 12.0. The van der Waals surface area contributed by atoms with Gasteiger partial charge >= 0.3 is 6.03 Å². The van der Waals surface area contributed by atoms with E-state index < -0.39 is 11.4 Å². The second kappa shape index (κ2) is 6.26. The Morgan fingerprint density at radius 3 is 2.70 bits per heavy atom. The highest BCUT2D eigenvalue weighted by atomic mass is 32.1. The highest BCUT2D eigenvalue weighted by Gasteiger charge is 2.40. The second-order valence-electron chi connectivity index (χ2n) is 5.44. The number of nitrogens with one attached hydrogen (secondary N) is 2. The number of thiophene rings is 1. The Labute approximate surface area is 122 Å². The zero-order valence-electron chi connectivity index (χ0n) is 11.6. The molecule has 0 saturated heterocycles. The number of amides is 3. The van der Waals surface area contributed by atoms with E-state index in [1.807, 2.05) is 24.4 Å². The van der Waals surface area contributed by atoms with Gasteiger partial charge in [0.05, 0.1) is 0 Å². The fourth-order valence-electron chi connectivity index (χ4n) is 2.67. The summed E-state index contributed by atoms with van der Waals surface area (Å²) in [5.41, 5.74) is 4.59. The van der Waals surface area contributed by atoms with Gasteiger partial charge in [0.15, 0.2) is 0 Å². The molecule has 2 rings (SSSR count). The molecule has 4 N–H and O–H groups in total. The molecule has 1 aromatic rings. The molecule has 0 radical (unpaired) electrons. The van der Waals surface area contributed by atoms with Crippen molar-refractivity contribution in [3.8, 4) is 0 Å². The molecule has 110 valence electrons. The molecule has 5 nitrogen and oxygen atoms in total. The Hall–Kier alpha value is -1.56. The van der Waals surface area contributed by atoms with Gasteiger partial charge in [-0.1, -0.05) is 18.9 Å². The summed E-state index contributed by atoms with van der Waals surface area (Å²) < 4.78 is 0. The van der Waals surface area contributed by atoms with Crippen LogP contribution in [-0.2, 0) is 11.2 Å². The normalized spacial score (nSPS) is 18.4. The number of hydrogen-bond acceptors (Lipinski definition) is 3. The van der Waals surface area contributed by atoms with Gasteiger partial charge in [-0.3, -0.25) is 4.79 Å². The van der Waals surface area contributed by atoms with E-state index in [9.17, 15) is 9.59 Å². The van der Waals surface area contributed by atoms with Crippen molar-refractivity contribution in [1.82, 2.24) is 10.6 Å². The van der Waals surface area contributed by atoms with Crippen molar-refractivity contribution in [1.29, 1.82) is 0 Å². The molecule has 1 heterocycles. The van der Waals surface area contributed by atoms with Crippen LogP contribution in [0.1, 0.15) is 37.5 Å². The fourth-order valence-corrected chi connectivity index (χ4v) is 3.51. The van der Waals surface area contributed by atoms with Gasteiger partial charge in [-0.25, -0.2) is 4.79 Å². The van der Waals surface area contributed by atoms with E-state index in [2.05, 4.69) is 10.6 Å².